The molecule has 1 fully saturated rings. The van der Waals surface area contributed by atoms with E-state index in [0.29, 0.717) is 12.3 Å². The Bertz CT molecular complexity index is 110. The van der Waals surface area contributed by atoms with Crippen molar-refractivity contribution in [2.45, 2.75) is 32.1 Å². The van der Waals surface area contributed by atoms with E-state index in [9.17, 15) is 4.79 Å². The average molecular weight is 164 g/mol. The fourth-order valence-corrected chi connectivity index (χ4v) is 1.50. The third-order valence-corrected chi connectivity index (χ3v) is 1.96. The number of hydrogen-bond acceptors (Lipinski definition) is 1. The minimum absolute atomic E-state index is 0. The molecule has 1 aliphatic carbocycles. The maximum Gasteiger partial charge on any atom is 0.217 e. The van der Waals surface area contributed by atoms with Gasteiger partial charge in [0.1, 0.15) is 0 Å². The van der Waals surface area contributed by atoms with Gasteiger partial charge in [-0.25, -0.2) is 0 Å². The van der Waals surface area contributed by atoms with Crippen molar-refractivity contribution in [3.05, 3.63) is 0 Å². The van der Waals surface area contributed by atoms with Crippen molar-refractivity contribution >= 4 is 18.3 Å². The normalized spacial score (nSPS) is 18.4. The van der Waals surface area contributed by atoms with E-state index in [1.807, 2.05) is 0 Å². The Morgan fingerprint density at radius 1 is 1.40 bits per heavy atom. The maximum atomic E-state index is 10.4. The second-order valence-electron chi connectivity index (χ2n) is 2.82. The van der Waals surface area contributed by atoms with Crippen LogP contribution < -0.4 is 5.73 Å². The lowest BCUT2D eigenvalue weighted by Gasteiger charge is -2.02. The van der Waals surface area contributed by atoms with Gasteiger partial charge >= 0.3 is 0 Å². The van der Waals surface area contributed by atoms with Gasteiger partial charge in [-0.05, 0) is 18.8 Å². The Morgan fingerprint density at radius 3 is 2.30 bits per heavy atom. The summed E-state index contributed by atoms with van der Waals surface area (Å²) in [5.41, 5.74) is 5.03. The number of hydrogen-bond donors (Lipinski definition) is 1. The predicted molar refractivity (Wildman–Crippen MR) is 43.0 cm³/mol. The molecule has 0 spiro atoms. The summed E-state index contributed by atoms with van der Waals surface area (Å²) in [5, 5.41) is 0. The van der Waals surface area contributed by atoms with Crippen molar-refractivity contribution in [2.24, 2.45) is 11.7 Å². The number of carbonyl (C=O) groups is 1. The summed E-state index contributed by atoms with van der Waals surface area (Å²) in [7, 11) is 0. The van der Waals surface area contributed by atoms with Crippen LogP contribution in [0.5, 0.6) is 0 Å². The number of amides is 1. The number of halogens is 1. The monoisotopic (exact) mass is 163 g/mol. The molecule has 60 valence electrons. The molecule has 3 heteroatoms. The maximum absolute atomic E-state index is 10.4. The van der Waals surface area contributed by atoms with Gasteiger partial charge in [0.2, 0.25) is 5.91 Å². The lowest BCUT2D eigenvalue weighted by molar-refractivity contribution is -0.118. The van der Waals surface area contributed by atoms with E-state index < -0.39 is 0 Å². The van der Waals surface area contributed by atoms with Crippen molar-refractivity contribution in [1.29, 1.82) is 0 Å². The van der Waals surface area contributed by atoms with Crippen LogP contribution >= 0.6 is 12.4 Å². The number of carbonyl (C=O) groups excluding carboxylic acids is 1. The Kier molecular flexibility index (Phi) is 4.45. The van der Waals surface area contributed by atoms with Gasteiger partial charge in [-0.3, -0.25) is 4.79 Å². The highest BCUT2D eigenvalue weighted by Crippen LogP contribution is 2.26. The fraction of sp³-hybridized carbons (Fsp3) is 0.857. The van der Waals surface area contributed by atoms with Gasteiger partial charge in [0.05, 0.1) is 0 Å². The minimum atomic E-state index is -0.137. The van der Waals surface area contributed by atoms with E-state index in [0.717, 1.165) is 0 Å². The van der Waals surface area contributed by atoms with Gasteiger partial charge in [0.25, 0.3) is 0 Å². The third kappa shape index (κ3) is 3.06. The van der Waals surface area contributed by atoms with Gasteiger partial charge in [-0.15, -0.1) is 12.4 Å². The molecule has 0 aromatic rings. The van der Waals surface area contributed by atoms with Crippen molar-refractivity contribution in [3.63, 3.8) is 0 Å². The van der Waals surface area contributed by atoms with Crippen molar-refractivity contribution < 1.29 is 4.79 Å². The number of primary amides is 1. The van der Waals surface area contributed by atoms with E-state index in [4.69, 9.17) is 5.73 Å². The Labute approximate surface area is 67.6 Å². The molecular weight excluding hydrogens is 150 g/mol. The van der Waals surface area contributed by atoms with Crippen molar-refractivity contribution in [1.82, 2.24) is 0 Å². The molecule has 0 atom stereocenters. The Hall–Kier alpha value is -0.240. The molecule has 2 N–H and O–H groups in total. The van der Waals surface area contributed by atoms with Crippen LogP contribution in [0.25, 0.3) is 0 Å². The highest BCUT2D eigenvalue weighted by molar-refractivity contribution is 5.85. The van der Waals surface area contributed by atoms with Crippen LogP contribution in [0.4, 0.5) is 0 Å². The number of rotatable bonds is 2. The van der Waals surface area contributed by atoms with Crippen molar-refractivity contribution in [2.75, 3.05) is 0 Å². The molecule has 0 heterocycles. The molecule has 0 saturated heterocycles. The van der Waals surface area contributed by atoms with E-state index in [2.05, 4.69) is 0 Å². The summed E-state index contributed by atoms with van der Waals surface area (Å²) in [4.78, 5) is 10.4. The first-order valence-electron chi connectivity index (χ1n) is 3.57. The molecule has 1 saturated carbocycles. The zero-order valence-electron chi connectivity index (χ0n) is 6.01. The van der Waals surface area contributed by atoms with Crippen LogP contribution in [-0.2, 0) is 4.79 Å². The molecule has 0 radical (unpaired) electrons. The Morgan fingerprint density at radius 2 is 1.90 bits per heavy atom. The highest BCUT2D eigenvalue weighted by atomic mass is 35.5. The summed E-state index contributed by atoms with van der Waals surface area (Å²) in [5.74, 6) is 0.476. The van der Waals surface area contributed by atoms with Crippen LogP contribution in [0.2, 0.25) is 0 Å². The highest BCUT2D eigenvalue weighted by Gasteiger charge is 2.16. The SMILES string of the molecule is Cl.NC(=O)CC1CCCC1. The third-order valence-electron chi connectivity index (χ3n) is 1.96. The zero-order valence-corrected chi connectivity index (χ0v) is 6.82. The summed E-state index contributed by atoms with van der Waals surface area (Å²) >= 11 is 0. The van der Waals surface area contributed by atoms with Crippen LogP contribution in [0.1, 0.15) is 32.1 Å². The summed E-state index contributed by atoms with van der Waals surface area (Å²) < 4.78 is 0. The van der Waals surface area contributed by atoms with E-state index in [1.54, 1.807) is 0 Å². The second-order valence-corrected chi connectivity index (χ2v) is 2.82. The largest absolute Gasteiger partial charge is 0.370 e. The topological polar surface area (TPSA) is 43.1 Å². The summed E-state index contributed by atoms with van der Waals surface area (Å²) in [6.07, 6.45) is 5.61. The molecule has 2 nitrogen and oxygen atoms in total. The average Bonchev–Trinajstić information content (AvgIpc) is 2.15. The van der Waals surface area contributed by atoms with E-state index in [-0.39, 0.29) is 18.3 Å². The van der Waals surface area contributed by atoms with Gasteiger partial charge in [-0.1, -0.05) is 12.8 Å². The van der Waals surface area contributed by atoms with E-state index >= 15 is 0 Å². The fourth-order valence-electron chi connectivity index (χ4n) is 1.50. The zero-order chi connectivity index (χ0) is 6.69. The smallest absolute Gasteiger partial charge is 0.217 e. The van der Waals surface area contributed by atoms with Gasteiger partial charge < -0.3 is 5.73 Å². The standard InChI is InChI=1S/C7H13NO.ClH/c8-7(9)5-6-3-1-2-4-6;/h6H,1-5H2,(H2,8,9);1H. The predicted octanol–water partition coefficient (Wildman–Crippen LogP) is 1.47. The lowest BCUT2D eigenvalue weighted by atomic mass is 10.0. The van der Waals surface area contributed by atoms with Crippen LogP contribution in [-0.4, -0.2) is 5.91 Å². The molecule has 1 rings (SSSR count). The van der Waals surface area contributed by atoms with Crippen molar-refractivity contribution in [3.8, 4) is 0 Å². The second kappa shape index (κ2) is 4.56. The molecule has 1 aliphatic rings. The minimum Gasteiger partial charge on any atom is -0.370 e. The molecular formula is C7H14ClNO. The molecule has 0 aromatic carbocycles. The van der Waals surface area contributed by atoms with Crippen LogP contribution in [0.15, 0.2) is 0 Å². The molecule has 10 heavy (non-hydrogen) atoms. The quantitative estimate of drug-likeness (QED) is 0.659. The Balaban J connectivity index is 0.000000810. The molecule has 0 aromatic heterocycles. The van der Waals surface area contributed by atoms with Gasteiger partial charge in [-0.2, -0.15) is 0 Å². The molecule has 0 bridgehead atoms. The first kappa shape index (κ1) is 9.76. The first-order chi connectivity index (χ1) is 4.29. The number of nitrogens with two attached hydrogens (primary N) is 1. The molecule has 1 amide bonds. The molecule has 0 unspecified atom stereocenters. The van der Waals surface area contributed by atoms with E-state index in [1.165, 1.54) is 25.7 Å². The summed E-state index contributed by atoms with van der Waals surface area (Å²) in [6, 6.07) is 0. The van der Waals surface area contributed by atoms with Gasteiger partial charge in [0, 0.05) is 6.42 Å². The summed E-state index contributed by atoms with van der Waals surface area (Å²) in [6.45, 7) is 0. The van der Waals surface area contributed by atoms with Crippen LogP contribution in [0.3, 0.4) is 0 Å². The van der Waals surface area contributed by atoms with Gasteiger partial charge in [0.15, 0.2) is 0 Å². The lowest BCUT2D eigenvalue weighted by Crippen LogP contribution is -2.14. The molecule has 0 aliphatic heterocycles. The van der Waals surface area contributed by atoms with Crippen LogP contribution in [0, 0.1) is 5.92 Å². The first-order valence-corrected chi connectivity index (χ1v) is 3.57.